The summed E-state index contributed by atoms with van der Waals surface area (Å²) < 4.78 is 0. The number of nitriles is 1. The molecule has 2 rings (SSSR count). The van der Waals surface area contributed by atoms with Crippen molar-refractivity contribution in [2.45, 2.75) is 58.2 Å². The number of carbonyl (C=O) groups is 2. The number of hydrogen-bond donors (Lipinski definition) is 3. The van der Waals surface area contributed by atoms with Crippen LogP contribution in [0.3, 0.4) is 0 Å². The van der Waals surface area contributed by atoms with Crippen molar-refractivity contribution in [1.29, 1.82) is 5.26 Å². The number of aromatic nitrogens is 1. The van der Waals surface area contributed by atoms with Crippen molar-refractivity contribution in [2.24, 2.45) is 11.8 Å². The molecule has 1 aliphatic heterocycles. The molecule has 2 amide bonds. The number of nitrogens with one attached hydrogen (secondary N) is 3. The van der Waals surface area contributed by atoms with Gasteiger partial charge in [0, 0.05) is 25.2 Å². The SMILES string of the molecule is CC(C)C[C@H](NCc1ccccn1)C(=O)N[C@H](C#N)C[C@@H]1CCCNC1=O. The van der Waals surface area contributed by atoms with Crippen LogP contribution in [0.5, 0.6) is 0 Å². The van der Waals surface area contributed by atoms with Crippen molar-refractivity contribution < 1.29 is 9.59 Å². The molecule has 1 fully saturated rings. The van der Waals surface area contributed by atoms with Crippen molar-refractivity contribution in [2.75, 3.05) is 6.54 Å². The topological polar surface area (TPSA) is 107 Å². The molecule has 0 unspecified atom stereocenters. The summed E-state index contributed by atoms with van der Waals surface area (Å²) in [7, 11) is 0. The van der Waals surface area contributed by atoms with Crippen LogP contribution in [-0.2, 0) is 16.1 Å². The van der Waals surface area contributed by atoms with E-state index in [1.54, 1.807) is 6.20 Å². The highest BCUT2D eigenvalue weighted by Gasteiger charge is 2.28. The molecule has 3 atom stereocenters. The lowest BCUT2D eigenvalue weighted by atomic mass is 9.91. The van der Waals surface area contributed by atoms with Crippen LogP contribution < -0.4 is 16.0 Å². The molecule has 0 spiro atoms. The van der Waals surface area contributed by atoms with Crippen LogP contribution in [0.25, 0.3) is 0 Å². The highest BCUT2D eigenvalue weighted by atomic mass is 16.2. The Labute approximate surface area is 160 Å². The summed E-state index contributed by atoms with van der Waals surface area (Å²) >= 11 is 0. The largest absolute Gasteiger partial charge is 0.356 e. The third-order valence-electron chi connectivity index (χ3n) is 4.67. The van der Waals surface area contributed by atoms with E-state index in [1.165, 1.54) is 0 Å². The van der Waals surface area contributed by atoms with Crippen LogP contribution in [0.2, 0.25) is 0 Å². The van der Waals surface area contributed by atoms with E-state index < -0.39 is 12.1 Å². The monoisotopic (exact) mass is 371 g/mol. The molecule has 3 N–H and O–H groups in total. The number of piperidine rings is 1. The standard InChI is InChI=1S/C20H29N5O2/c1-14(2)10-18(24-13-16-7-3-4-8-22-16)20(27)25-17(12-21)11-15-6-5-9-23-19(15)26/h3-4,7-8,14-15,17-18,24H,5-6,9-11,13H2,1-2H3,(H,23,26)(H,25,27)/t15-,17-,18-/m0/s1. The Kier molecular flexibility index (Phi) is 8.21. The molecule has 1 aliphatic rings. The zero-order valence-corrected chi connectivity index (χ0v) is 16.1. The predicted molar refractivity (Wildman–Crippen MR) is 102 cm³/mol. The fourth-order valence-electron chi connectivity index (χ4n) is 3.25. The number of pyridine rings is 1. The van der Waals surface area contributed by atoms with E-state index >= 15 is 0 Å². The van der Waals surface area contributed by atoms with Crippen LogP contribution in [0, 0.1) is 23.2 Å². The van der Waals surface area contributed by atoms with Crippen molar-refractivity contribution in [3.63, 3.8) is 0 Å². The lowest BCUT2D eigenvalue weighted by Gasteiger charge is -2.25. The van der Waals surface area contributed by atoms with Gasteiger partial charge in [-0.3, -0.25) is 14.6 Å². The average molecular weight is 371 g/mol. The number of nitrogens with zero attached hydrogens (tertiary/aromatic N) is 2. The summed E-state index contributed by atoms with van der Waals surface area (Å²) in [5.41, 5.74) is 0.856. The van der Waals surface area contributed by atoms with Gasteiger partial charge in [0.05, 0.1) is 17.8 Å². The molecule has 1 aromatic heterocycles. The van der Waals surface area contributed by atoms with E-state index in [9.17, 15) is 14.9 Å². The third-order valence-corrected chi connectivity index (χ3v) is 4.67. The van der Waals surface area contributed by atoms with Crippen LogP contribution in [0.15, 0.2) is 24.4 Å². The third kappa shape index (κ3) is 6.99. The molecule has 7 nitrogen and oxygen atoms in total. The van der Waals surface area contributed by atoms with Gasteiger partial charge in [-0.15, -0.1) is 0 Å². The molecule has 1 aromatic rings. The molecule has 146 valence electrons. The van der Waals surface area contributed by atoms with Crippen LogP contribution in [0.4, 0.5) is 0 Å². The molecule has 1 saturated heterocycles. The number of carbonyl (C=O) groups excluding carboxylic acids is 2. The van der Waals surface area contributed by atoms with Gasteiger partial charge in [-0.05, 0) is 43.7 Å². The van der Waals surface area contributed by atoms with Gasteiger partial charge in [0.25, 0.3) is 0 Å². The molecule has 0 radical (unpaired) electrons. The maximum absolute atomic E-state index is 12.7. The zero-order chi connectivity index (χ0) is 19.6. The predicted octanol–water partition coefficient (Wildman–Crippen LogP) is 1.51. The molecule has 0 aliphatic carbocycles. The van der Waals surface area contributed by atoms with Crippen molar-refractivity contribution in [1.82, 2.24) is 20.9 Å². The van der Waals surface area contributed by atoms with Gasteiger partial charge in [-0.1, -0.05) is 19.9 Å². The maximum Gasteiger partial charge on any atom is 0.238 e. The second-order valence-electron chi connectivity index (χ2n) is 7.44. The lowest BCUT2D eigenvalue weighted by molar-refractivity contribution is -0.128. The maximum atomic E-state index is 12.7. The molecule has 0 aromatic carbocycles. The summed E-state index contributed by atoms with van der Waals surface area (Å²) in [6.07, 6.45) is 4.39. The Hall–Kier alpha value is -2.46. The highest BCUT2D eigenvalue weighted by Crippen LogP contribution is 2.17. The normalized spacial score (nSPS) is 19.0. The minimum absolute atomic E-state index is 0.0252. The van der Waals surface area contributed by atoms with Gasteiger partial charge in [-0.25, -0.2) is 0 Å². The molecule has 27 heavy (non-hydrogen) atoms. The highest BCUT2D eigenvalue weighted by molar-refractivity contribution is 5.83. The summed E-state index contributed by atoms with van der Waals surface area (Å²) in [5.74, 6) is -0.125. The van der Waals surface area contributed by atoms with E-state index in [0.29, 0.717) is 31.8 Å². The van der Waals surface area contributed by atoms with Crippen LogP contribution in [0.1, 0.15) is 45.2 Å². The smallest absolute Gasteiger partial charge is 0.238 e. The summed E-state index contributed by atoms with van der Waals surface area (Å²) in [5, 5.41) is 18.3. The van der Waals surface area contributed by atoms with E-state index in [-0.39, 0.29) is 17.7 Å². The number of amides is 2. The second-order valence-corrected chi connectivity index (χ2v) is 7.44. The van der Waals surface area contributed by atoms with Crippen LogP contribution >= 0.6 is 0 Å². The zero-order valence-electron chi connectivity index (χ0n) is 16.1. The van der Waals surface area contributed by atoms with Gasteiger partial charge in [0.1, 0.15) is 6.04 Å². The van der Waals surface area contributed by atoms with Crippen molar-refractivity contribution in [3.8, 4) is 6.07 Å². The van der Waals surface area contributed by atoms with Gasteiger partial charge in [0.2, 0.25) is 11.8 Å². The molecule has 2 heterocycles. The van der Waals surface area contributed by atoms with Crippen LogP contribution in [-0.4, -0.2) is 35.4 Å². The minimum Gasteiger partial charge on any atom is -0.356 e. The quantitative estimate of drug-likeness (QED) is 0.610. The fourth-order valence-corrected chi connectivity index (χ4v) is 3.25. The van der Waals surface area contributed by atoms with Crippen molar-refractivity contribution >= 4 is 11.8 Å². The van der Waals surface area contributed by atoms with Crippen molar-refractivity contribution in [3.05, 3.63) is 30.1 Å². The molecular formula is C20H29N5O2. The summed E-state index contributed by atoms with van der Waals surface area (Å²) in [6.45, 7) is 5.27. The Morgan fingerprint density at radius 3 is 2.89 bits per heavy atom. The molecule has 0 saturated carbocycles. The first kappa shape index (κ1) is 20.8. The Bertz CT molecular complexity index is 656. The first-order chi connectivity index (χ1) is 13.0. The Morgan fingerprint density at radius 1 is 1.44 bits per heavy atom. The lowest BCUT2D eigenvalue weighted by Crippen LogP contribution is -2.49. The number of rotatable bonds is 9. The van der Waals surface area contributed by atoms with Gasteiger partial charge < -0.3 is 16.0 Å². The van der Waals surface area contributed by atoms with E-state index in [0.717, 1.165) is 18.5 Å². The minimum atomic E-state index is -0.669. The van der Waals surface area contributed by atoms with E-state index in [4.69, 9.17) is 0 Å². The number of hydrogen-bond acceptors (Lipinski definition) is 5. The van der Waals surface area contributed by atoms with E-state index in [1.807, 2.05) is 18.2 Å². The van der Waals surface area contributed by atoms with Gasteiger partial charge in [-0.2, -0.15) is 5.26 Å². The fraction of sp³-hybridized carbons (Fsp3) is 0.600. The molecule has 0 bridgehead atoms. The van der Waals surface area contributed by atoms with E-state index in [2.05, 4.69) is 40.9 Å². The second kappa shape index (κ2) is 10.6. The Morgan fingerprint density at radius 2 is 2.26 bits per heavy atom. The first-order valence-electron chi connectivity index (χ1n) is 9.60. The molecule has 7 heteroatoms. The van der Waals surface area contributed by atoms with Gasteiger partial charge in [0.15, 0.2) is 0 Å². The first-order valence-corrected chi connectivity index (χ1v) is 9.60. The molecular weight excluding hydrogens is 342 g/mol. The summed E-state index contributed by atoms with van der Waals surface area (Å²) in [6, 6.07) is 6.70. The van der Waals surface area contributed by atoms with Gasteiger partial charge >= 0.3 is 0 Å². The summed E-state index contributed by atoms with van der Waals surface area (Å²) in [4.78, 5) is 28.9. The average Bonchev–Trinajstić information content (AvgIpc) is 2.66. The Balaban J connectivity index is 1.93.